The number of hydrogen-bond donors (Lipinski definition) is 0. The molecule has 0 radical (unpaired) electrons. The molecule has 14 heavy (non-hydrogen) atoms. The first kappa shape index (κ1) is 9.81. The van der Waals surface area contributed by atoms with Gasteiger partial charge in [0, 0.05) is 0 Å². The summed E-state index contributed by atoms with van der Waals surface area (Å²) in [5.74, 6) is 0.745. The third-order valence-corrected chi connectivity index (χ3v) is 2.59. The topological polar surface area (TPSA) is 21.8 Å². The number of aryl methyl sites for hydroxylation is 1. The smallest absolute Gasteiger partial charge is 0.138 e. The molecule has 2 nitrogen and oxygen atoms in total. The minimum atomic E-state index is 0.0781. The lowest BCUT2D eigenvalue weighted by Gasteiger charge is -2.13. The molecule has 0 N–H and O–H groups in total. The Kier molecular flexibility index (Phi) is 2.66. The van der Waals surface area contributed by atoms with Gasteiger partial charge in [-0.15, -0.1) is 0 Å². The molecule has 1 aromatic carbocycles. The highest BCUT2D eigenvalue weighted by molar-refractivity contribution is 6.32. The molecule has 1 aliphatic heterocycles. The van der Waals surface area contributed by atoms with Gasteiger partial charge in [-0.2, -0.15) is 0 Å². The first-order chi connectivity index (χ1) is 6.66. The molecule has 1 saturated heterocycles. The van der Waals surface area contributed by atoms with Crippen molar-refractivity contribution in [2.45, 2.75) is 26.1 Å². The summed E-state index contributed by atoms with van der Waals surface area (Å²) in [5.41, 5.74) is 1.15. The van der Waals surface area contributed by atoms with E-state index in [-0.39, 0.29) is 12.2 Å². The van der Waals surface area contributed by atoms with Crippen molar-refractivity contribution in [1.29, 1.82) is 0 Å². The Hall–Kier alpha value is -0.730. The van der Waals surface area contributed by atoms with Gasteiger partial charge in [0.1, 0.15) is 18.0 Å². The quantitative estimate of drug-likeness (QED) is 0.719. The Morgan fingerprint density at radius 2 is 2.29 bits per heavy atom. The van der Waals surface area contributed by atoms with E-state index in [0.717, 1.165) is 17.9 Å². The molecular weight excluding hydrogens is 200 g/mol. The van der Waals surface area contributed by atoms with Crippen LogP contribution in [-0.2, 0) is 4.74 Å². The number of rotatable bonds is 3. The van der Waals surface area contributed by atoms with Gasteiger partial charge in [0.25, 0.3) is 0 Å². The highest BCUT2D eigenvalue weighted by Crippen LogP contribution is 2.28. The van der Waals surface area contributed by atoms with E-state index in [2.05, 4.69) is 0 Å². The summed E-state index contributed by atoms with van der Waals surface area (Å²) in [6.07, 6.45) is 0.320. The zero-order valence-corrected chi connectivity index (χ0v) is 9.04. The van der Waals surface area contributed by atoms with Crippen molar-refractivity contribution in [2.24, 2.45) is 0 Å². The Morgan fingerprint density at radius 3 is 2.93 bits per heavy atom. The SMILES string of the molecule is Cc1ccc(Cl)c(OC(C)C2CO2)c1. The van der Waals surface area contributed by atoms with Gasteiger partial charge >= 0.3 is 0 Å². The second kappa shape index (κ2) is 3.79. The predicted octanol–water partition coefficient (Wildman–Crippen LogP) is 2.81. The lowest BCUT2D eigenvalue weighted by atomic mass is 10.2. The molecule has 0 aliphatic carbocycles. The summed E-state index contributed by atoms with van der Waals surface area (Å²) in [5, 5.41) is 0.656. The van der Waals surface area contributed by atoms with Gasteiger partial charge in [-0.05, 0) is 31.5 Å². The van der Waals surface area contributed by atoms with Crippen LogP contribution in [0.3, 0.4) is 0 Å². The fraction of sp³-hybridized carbons (Fsp3) is 0.455. The van der Waals surface area contributed by atoms with E-state index < -0.39 is 0 Å². The number of halogens is 1. The Morgan fingerprint density at radius 1 is 1.57 bits per heavy atom. The van der Waals surface area contributed by atoms with Crippen molar-refractivity contribution >= 4 is 11.6 Å². The molecule has 1 aromatic rings. The van der Waals surface area contributed by atoms with Crippen LogP contribution in [0.1, 0.15) is 12.5 Å². The molecule has 2 unspecified atom stereocenters. The molecule has 2 rings (SSSR count). The largest absolute Gasteiger partial charge is 0.486 e. The Bertz CT molecular complexity index is 334. The van der Waals surface area contributed by atoms with E-state index in [9.17, 15) is 0 Å². The normalized spacial score (nSPS) is 21.8. The van der Waals surface area contributed by atoms with Crippen molar-refractivity contribution in [2.75, 3.05) is 6.61 Å². The number of epoxide rings is 1. The fourth-order valence-electron chi connectivity index (χ4n) is 1.30. The Balaban J connectivity index is 2.10. The average molecular weight is 213 g/mol. The van der Waals surface area contributed by atoms with Crippen LogP contribution in [-0.4, -0.2) is 18.8 Å². The third kappa shape index (κ3) is 2.20. The van der Waals surface area contributed by atoms with Crippen LogP contribution in [0.4, 0.5) is 0 Å². The maximum Gasteiger partial charge on any atom is 0.138 e. The van der Waals surface area contributed by atoms with Crippen LogP contribution < -0.4 is 4.74 Å². The van der Waals surface area contributed by atoms with E-state index in [1.165, 1.54) is 0 Å². The van der Waals surface area contributed by atoms with Gasteiger partial charge in [0.2, 0.25) is 0 Å². The highest BCUT2D eigenvalue weighted by atomic mass is 35.5. The number of benzene rings is 1. The number of hydrogen-bond acceptors (Lipinski definition) is 2. The average Bonchev–Trinajstić information content (AvgIpc) is 2.94. The Labute approximate surface area is 88.8 Å². The number of ether oxygens (including phenoxy) is 2. The van der Waals surface area contributed by atoms with Gasteiger partial charge in [-0.1, -0.05) is 17.7 Å². The first-order valence-electron chi connectivity index (χ1n) is 4.71. The van der Waals surface area contributed by atoms with Crippen molar-refractivity contribution in [3.8, 4) is 5.75 Å². The monoisotopic (exact) mass is 212 g/mol. The molecule has 0 amide bonds. The van der Waals surface area contributed by atoms with Crippen molar-refractivity contribution in [1.82, 2.24) is 0 Å². The molecular formula is C11H13ClO2. The van der Waals surface area contributed by atoms with Crippen molar-refractivity contribution < 1.29 is 9.47 Å². The van der Waals surface area contributed by atoms with E-state index in [0.29, 0.717) is 5.02 Å². The summed E-state index contributed by atoms with van der Waals surface area (Å²) >= 11 is 6.00. The summed E-state index contributed by atoms with van der Waals surface area (Å²) in [7, 11) is 0. The predicted molar refractivity (Wildman–Crippen MR) is 56.0 cm³/mol. The molecule has 0 saturated carbocycles. The van der Waals surface area contributed by atoms with Gasteiger partial charge in [0.05, 0.1) is 11.6 Å². The minimum Gasteiger partial charge on any atom is -0.486 e. The molecule has 0 spiro atoms. The molecule has 1 aliphatic rings. The fourth-order valence-corrected chi connectivity index (χ4v) is 1.47. The van der Waals surface area contributed by atoms with Crippen LogP contribution >= 0.6 is 11.6 Å². The van der Waals surface area contributed by atoms with Crippen LogP contribution in [0.5, 0.6) is 5.75 Å². The molecule has 1 fully saturated rings. The molecule has 0 bridgehead atoms. The highest BCUT2D eigenvalue weighted by Gasteiger charge is 2.31. The summed E-state index contributed by atoms with van der Waals surface area (Å²) in [6.45, 7) is 4.81. The second-order valence-electron chi connectivity index (χ2n) is 3.63. The van der Waals surface area contributed by atoms with Crippen LogP contribution in [0.25, 0.3) is 0 Å². The van der Waals surface area contributed by atoms with E-state index in [4.69, 9.17) is 21.1 Å². The van der Waals surface area contributed by atoms with E-state index >= 15 is 0 Å². The van der Waals surface area contributed by atoms with Gasteiger partial charge in [-0.3, -0.25) is 0 Å². The molecule has 76 valence electrons. The van der Waals surface area contributed by atoms with Crippen LogP contribution in [0, 0.1) is 6.92 Å². The van der Waals surface area contributed by atoms with E-state index in [1.807, 2.05) is 32.0 Å². The zero-order chi connectivity index (χ0) is 10.1. The summed E-state index contributed by atoms with van der Waals surface area (Å²) in [6, 6.07) is 5.77. The van der Waals surface area contributed by atoms with Crippen LogP contribution in [0.2, 0.25) is 5.02 Å². The molecule has 0 aromatic heterocycles. The van der Waals surface area contributed by atoms with Crippen molar-refractivity contribution in [3.05, 3.63) is 28.8 Å². The zero-order valence-electron chi connectivity index (χ0n) is 8.29. The summed E-state index contributed by atoms with van der Waals surface area (Å²) < 4.78 is 10.8. The third-order valence-electron chi connectivity index (χ3n) is 2.28. The molecule has 1 heterocycles. The lowest BCUT2D eigenvalue weighted by Crippen LogP contribution is -2.18. The second-order valence-corrected chi connectivity index (χ2v) is 4.04. The van der Waals surface area contributed by atoms with E-state index in [1.54, 1.807) is 0 Å². The minimum absolute atomic E-state index is 0.0781. The maximum atomic E-state index is 6.00. The first-order valence-corrected chi connectivity index (χ1v) is 5.09. The molecule has 2 atom stereocenters. The lowest BCUT2D eigenvalue weighted by molar-refractivity contribution is 0.176. The van der Waals surface area contributed by atoms with Gasteiger partial charge in [-0.25, -0.2) is 0 Å². The molecule has 3 heteroatoms. The standard InChI is InChI=1S/C11H13ClO2/c1-7-3-4-9(12)10(5-7)14-8(2)11-6-13-11/h3-5,8,11H,6H2,1-2H3. The van der Waals surface area contributed by atoms with Crippen LogP contribution in [0.15, 0.2) is 18.2 Å². The maximum absolute atomic E-state index is 6.00. The van der Waals surface area contributed by atoms with Gasteiger partial charge in [0.15, 0.2) is 0 Å². The van der Waals surface area contributed by atoms with Crippen molar-refractivity contribution in [3.63, 3.8) is 0 Å². The summed E-state index contributed by atoms with van der Waals surface area (Å²) in [4.78, 5) is 0. The van der Waals surface area contributed by atoms with Gasteiger partial charge < -0.3 is 9.47 Å².